The van der Waals surface area contributed by atoms with Crippen LogP contribution in [0.1, 0.15) is 30.3 Å². The van der Waals surface area contributed by atoms with Crippen LogP contribution < -0.4 is 0 Å². The van der Waals surface area contributed by atoms with Crippen molar-refractivity contribution in [2.24, 2.45) is 0 Å². The van der Waals surface area contributed by atoms with Crippen LogP contribution in [-0.4, -0.2) is 45.3 Å². The van der Waals surface area contributed by atoms with Gasteiger partial charge in [0.2, 0.25) is 5.91 Å². The lowest BCUT2D eigenvalue weighted by Gasteiger charge is -2.33. The number of carbonyl (C=O) groups is 1. The van der Waals surface area contributed by atoms with Crippen LogP contribution in [0.2, 0.25) is 0 Å². The van der Waals surface area contributed by atoms with E-state index >= 15 is 0 Å². The molecule has 2 aromatic heterocycles. The Morgan fingerprint density at radius 2 is 1.97 bits per heavy atom. The summed E-state index contributed by atoms with van der Waals surface area (Å²) in [4.78, 5) is 27.6. The highest BCUT2D eigenvalue weighted by atomic mass is 32.1. The average Bonchev–Trinajstić information content (AvgIpc) is 2.97. The zero-order valence-corrected chi connectivity index (χ0v) is 18.9. The molecular weight excluding hydrogens is 404 g/mol. The first-order chi connectivity index (χ1) is 15.1. The van der Waals surface area contributed by atoms with Gasteiger partial charge in [-0.2, -0.15) is 0 Å². The van der Waals surface area contributed by atoms with E-state index in [2.05, 4.69) is 40.3 Å². The van der Waals surface area contributed by atoms with E-state index in [1.54, 1.807) is 23.7 Å². The first kappa shape index (κ1) is 21.4. The quantitative estimate of drug-likeness (QED) is 0.610. The van der Waals surface area contributed by atoms with Gasteiger partial charge in [0.25, 0.3) is 0 Å². The van der Waals surface area contributed by atoms with Crippen LogP contribution in [0, 0.1) is 6.92 Å². The summed E-state index contributed by atoms with van der Waals surface area (Å²) < 4.78 is 0. The third-order valence-corrected chi connectivity index (χ3v) is 6.73. The van der Waals surface area contributed by atoms with Crippen molar-refractivity contribution in [1.29, 1.82) is 0 Å². The van der Waals surface area contributed by atoms with E-state index in [-0.39, 0.29) is 5.91 Å². The molecule has 0 radical (unpaired) electrons. The molecule has 1 fully saturated rings. The fourth-order valence-corrected chi connectivity index (χ4v) is 4.95. The maximum Gasteiger partial charge on any atom is 0.241 e. The molecule has 160 valence electrons. The molecule has 6 heteroatoms. The van der Waals surface area contributed by atoms with Gasteiger partial charge in [0.15, 0.2) is 0 Å². The fraction of sp³-hybridized carbons (Fsp3) is 0.320. The number of hydrogen-bond acceptors (Lipinski definition) is 5. The molecule has 1 aliphatic carbocycles. The van der Waals surface area contributed by atoms with Crippen molar-refractivity contribution in [3.05, 3.63) is 82.8 Å². The molecule has 5 nitrogen and oxygen atoms in total. The number of hydrogen-bond donors (Lipinski definition) is 0. The Morgan fingerprint density at radius 3 is 2.77 bits per heavy atom. The Morgan fingerprint density at radius 1 is 1.16 bits per heavy atom. The zero-order valence-electron chi connectivity index (χ0n) is 18.1. The number of carbonyl (C=O) groups excluding carboxylic acids is 1. The van der Waals surface area contributed by atoms with Crippen molar-refractivity contribution in [3.63, 3.8) is 0 Å². The number of rotatable bonds is 6. The lowest BCUT2D eigenvalue weighted by molar-refractivity contribution is -0.131. The fourth-order valence-electron chi connectivity index (χ4n) is 3.89. The van der Waals surface area contributed by atoms with Crippen molar-refractivity contribution < 1.29 is 4.79 Å². The second-order valence-corrected chi connectivity index (χ2v) is 8.94. The SMILES string of the molecule is C/C=C\CCN1CC(=O)N(Cc2sc(-c3ccncc3)nc2C)C2=CC=CC=C(C2)C1. The Balaban J connectivity index is 1.59. The van der Waals surface area contributed by atoms with Gasteiger partial charge in [-0.3, -0.25) is 14.7 Å². The zero-order chi connectivity index (χ0) is 21.6. The third-order valence-electron chi connectivity index (χ3n) is 5.54. The van der Waals surface area contributed by atoms with Gasteiger partial charge in [-0.05, 0) is 38.5 Å². The highest BCUT2D eigenvalue weighted by molar-refractivity contribution is 7.15. The van der Waals surface area contributed by atoms with E-state index in [1.165, 1.54) is 5.57 Å². The minimum atomic E-state index is 0.152. The molecule has 1 amide bonds. The summed E-state index contributed by atoms with van der Waals surface area (Å²) in [7, 11) is 0. The van der Waals surface area contributed by atoms with Crippen molar-refractivity contribution in [3.8, 4) is 10.6 Å². The molecule has 1 saturated heterocycles. The molecule has 0 spiro atoms. The van der Waals surface area contributed by atoms with E-state index in [4.69, 9.17) is 4.98 Å². The Hall–Kier alpha value is -2.83. The first-order valence-corrected chi connectivity index (χ1v) is 11.5. The number of aryl methyl sites for hydroxylation is 1. The number of nitrogens with zero attached hydrogens (tertiary/aromatic N) is 4. The number of aromatic nitrogens is 2. The van der Waals surface area contributed by atoms with Gasteiger partial charge in [0, 0.05) is 48.0 Å². The lowest BCUT2D eigenvalue weighted by Crippen LogP contribution is -2.43. The lowest BCUT2D eigenvalue weighted by atomic mass is 10.1. The van der Waals surface area contributed by atoms with Crippen LogP contribution in [0.3, 0.4) is 0 Å². The number of allylic oxidation sites excluding steroid dienone is 6. The highest BCUT2D eigenvalue weighted by Gasteiger charge is 2.27. The largest absolute Gasteiger partial charge is 0.309 e. The van der Waals surface area contributed by atoms with Gasteiger partial charge in [-0.15, -0.1) is 11.3 Å². The molecular formula is C25H28N4OS. The molecule has 0 aromatic carbocycles. The molecule has 2 bridgehead atoms. The van der Waals surface area contributed by atoms with Gasteiger partial charge < -0.3 is 4.90 Å². The number of fused-ring (bicyclic) bond motifs is 2. The second kappa shape index (κ2) is 9.98. The number of amides is 1. The van der Waals surface area contributed by atoms with Gasteiger partial charge >= 0.3 is 0 Å². The minimum absolute atomic E-state index is 0.152. The normalized spacial score (nSPS) is 17.4. The molecule has 31 heavy (non-hydrogen) atoms. The van der Waals surface area contributed by atoms with E-state index < -0.39 is 0 Å². The summed E-state index contributed by atoms with van der Waals surface area (Å²) >= 11 is 1.66. The van der Waals surface area contributed by atoms with E-state index in [0.29, 0.717) is 13.1 Å². The van der Waals surface area contributed by atoms with E-state index in [9.17, 15) is 4.79 Å². The number of pyridine rings is 1. The Labute approximate surface area is 188 Å². The van der Waals surface area contributed by atoms with Gasteiger partial charge in [0.1, 0.15) is 5.01 Å². The maximum absolute atomic E-state index is 13.4. The van der Waals surface area contributed by atoms with Crippen molar-refractivity contribution in [2.45, 2.75) is 33.2 Å². The molecule has 2 aliphatic rings. The van der Waals surface area contributed by atoms with Gasteiger partial charge in [-0.25, -0.2) is 4.98 Å². The summed E-state index contributed by atoms with van der Waals surface area (Å²) in [6.45, 7) is 6.78. The van der Waals surface area contributed by atoms with Crippen LogP contribution in [0.15, 0.2) is 72.3 Å². The highest BCUT2D eigenvalue weighted by Crippen LogP contribution is 2.31. The molecule has 3 heterocycles. The minimum Gasteiger partial charge on any atom is -0.309 e. The predicted molar refractivity (Wildman–Crippen MR) is 126 cm³/mol. The molecule has 0 N–H and O–H groups in total. The van der Waals surface area contributed by atoms with Crippen LogP contribution >= 0.6 is 11.3 Å². The Kier molecular flexibility index (Phi) is 6.89. The standard InChI is InChI=1S/C25H28N4OS/c1-3-4-7-14-28-16-20-8-5-6-9-22(15-20)29(24(30)18-28)17-23-19(2)27-25(31-23)21-10-12-26-13-11-21/h3-6,8-13H,7,14-18H2,1-2H3/b4-3-. The summed E-state index contributed by atoms with van der Waals surface area (Å²) in [5.41, 5.74) is 4.45. The molecule has 0 saturated carbocycles. The summed E-state index contributed by atoms with van der Waals surface area (Å²) in [5, 5.41) is 0.970. The van der Waals surface area contributed by atoms with Crippen LogP contribution in [0.25, 0.3) is 10.6 Å². The molecule has 0 unspecified atom stereocenters. The molecule has 1 aliphatic heterocycles. The third kappa shape index (κ3) is 5.27. The predicted octanol–water partition coefficient (Wildman–Crippen LogP) is 4.89. The second-order valence-electron chi connectivity index (χ2n) is 7.86. The summed E-state index contributed by atoms with van der Waals surface area (Å²) in [5.74, 6) is 0.152. The summed E-state index contributed by atoms with van der Waals surface area (Å²) in [6, 6.07) is 3.95. The van der Waals surface area contributed by atoms with E-state index in [0.717, 1.165) is 52.8 Å². The maximum atomic E-state index is 13.4. The Bertz CT molecular complexity index is 1050. The van der Waals surface area contributed by atoms with Crippen molar-refractivity contribution in [2.75, 3.05) is 19.6 Å². The summed E-state index contributed by atoms with van der Waals surface area (Å²) in [6.07, 6.45) is 18.0. The van der Waals surface area contributed by atoms with Gasteiger partial charge in [-0.1, -0.05) is 36.0 Å². The van der Waals surface area contributed by atoms with Crippen molar-refractivity contribution >= 4 is 17.2 Å². The van der Waals surface area contributed by atoms with Crippen LogP contribution in [-0.2, 0) is 11.3 Å². The van der Waals surface area contributed by atoms with Gasteiger partial charge in [0.05, 0.1) is 18.8 Å². The first-order valence-electron chi connectivity index (χ1n) is 10.7. The van der Waals surface area contributed by atoms with E-state index in [1.807, 2.05) is 37.0 Å². The average molecular weight is 433 g/mol. The molecule has 2 aromatic rings. The van der Waals surface area contributed by atoms with Crippen LogP contribution in [0.5, 0.6) is 0 Å². The molecule has 0 atom stereocenters. The molecule has 4 rings (SSSR count). The monoisotopic (exact) mass is 432 g/mol. The van der Waals surface area contributed by atoms with Crippen molar-refractivity contribution in [1.82, 2.24) is 19.8 Å². The van der Waals surface area contributed by atoms with Crippen LogP contribution in [0.4, 0.5) is 0 Å². The smallest absolute Gasteiger partial charge is 0.241 e. The number of thiazole rings is 1. The topological polar surface area (TPSA) is 49.3 Å².